The maximum atomic E-state index is 11.8. The highest BCUT2D eigenvalue weighted by Gasteiger charge is 2.37. The van der Waals surface area contributed by atoms with Crippen LogP contribution < -0.4 is 10.5 Å². The highest BCUT2D eigenvalue weighted by atomic mass is 16.5. The lowest BCUT2D eigenvalue weighted by molar-refractivity contribution is -0.129. The van der Waals surface area contributed by atoms with Gasteiger partial charge < -0.3 is 10.5 Å². The first-order chi connectivity index (χ1) is 8.66. The summed E-state index contributed by atoms with van der Waals surface area (Å²) in [7, 11) is 1.66. The van der Waals surface area contributed by atoms with Gasteiger partial charge in [-0.15, -0.1) is 0 Å². The maximum absolute atomic E-state index is 11.8. The average Bonchev–Trinajstić information content (AvgIpc) is 2.40. The molecule has 3 heteroatoms. The first-order valence-corrected chi connectivity index (χ1v) is 6.59. The Balaban J connectivity index is 2.20. The molecule has 2 rings (SSSR count). The number of nitrogens with two attached hydrogens (primary N) is 1. The van der Waals surface area contributed by atoms with Gasteiger partial charge in [-0.05, 0) is 37.0 Å². The maximum Gasteiger partial charge on any atom is 0.223 e. The number of benzene rings is 1. The second-order valence-electron chi connectivity index (χ2n) is 5.23. The van der Waals surface area contributed by atoms with Crippen molar-refractivity contribution in [3.05, 3.63) is 29.8 Å². The van der Waals surface area contributed by atoms with Gasteiger partial charge in [0.1, 0.15) is 5.75 Å². The van der Waals surface area contributed by atoms with Gasteiger partial charge in [-0.3, -0.25) is 4.79 Å². The van der Waals surface area contributed by atoms with Crippen molar-refractivity contribution in [2.45, 2.75) is 38.5 Å². The summed E-state index contributed by atoms with van der Waals surface area (Å²) in [5.74, 6) is 0.688. The smallest absolute Gasteiger partial charge is 0.223 e. The van der Waals surface area contributed by atoms with Crippen LogP contribution in [-0.2, 0) is 11.2 Å². The van der Waals surface area contributed by atoms with Crippen LogP contribution in [0.1, 0.15) is 37.7 Å². The average molecular weight is 247 g/mol. The zero-order valence-electron chi connectivity index (χ0n) is 10.9. The van der Waals surface area contributed by atoms with E-state index in [-0.39, 0.29) is 11.3 Å². The lowest BCUT2D eigenvalue weighted by Gasteiger charge is -2.34. The number of rotatable bonds is 4. The molecule has 3 nitrogen and oxygen atoms in total. The molecule has 18 heavy (non-hydrogen) atoms. The SMILES string of the molecule is COc1cccc(CC2(C(N)=O)CCCCC2)c1. The molecule has 0 aromatic heterocycles. The van der Waals surface area contributed by atoms with Gasteiger partial charge in [-0.1, -0.05) is 31.4 Å². The summed E-state index contributed by atoms with van der Waals surface area (Å²) >= 11 is 0. The van der Waals surface area contributed by atoms with Crippen LogP contribution in [0.4, 0.5) is 0 Å². The second kappa shape index (κ2) is 5.42. The van der Waals surface area contributed by atoms with E-state index in [0.29, 0.717) is 0 Å². The largest absolute Gasteiger partial charge is 0.497 e. The minimum absolute atomic E-state index is 0.148. The molecule has 1 fully saturated rings. The number of ether oxygens (including phenoxy) is 1. The standard InChI is InChI=1S/C15H21NO2/c1-18-13-7-5-6-12(10-13)11-15(14(16)17)8-3-2-4-9-15/h5-7,10H,2-4,8-9,11H2,1H3,(H2,16,17). The number of primary amides is 1. The van der Waals surface area contributed by atoms with Crippen LogP contribution in [0.15, 0.2) is 24.3 Å². The first kappa shape index (κ1) is 12.9. The summed E-state index contributed by atoms with van der Waals surface area (Å²) in [6.45, 7) is 0. The summed E-state index contributed by atoms with van der Waals surface area (Å²) in [6, 6.07) is 7.92. The van der Waals surface area contributed by atoms with Crippen molar-refractivity contribution in [3.8, 4) is 5.75 Å². The second-order valence-corrected chi connectivity index (χ2v) is 5.23. The van der Waals surface area contributed by atoms with Crippen molar-refractivity contribution >= 4 is 5.91 Å². The third kappa shape index (κ3) is 2.66. The van der Waals surface area contributed by atoms with Crippen LogP contribution in [-0.4, -0.2) is 13.0 Å². The Kier molecular flexibility index (Phi) is 3.90. The van der Waals surface area contributed by atoms with E-state index in [1.54, 1.807) is 7.11 Å². The minimum atomic E-state index is -0.343. The summed E-state index contributed by atoms with van der Waals surface area (Å²) in [4.78, 5) is 11.8. The Bertz CT molecular complexity index is 422. The number of carbonyl (C=O) groups is 1. The van der Waals surface area contributed by atoms with E-state index in [1.807, 2.05) is 24.3 Å². The summed E-state index contributed by atoms with van der Waals surface area (Å²) in [5.41, 5.74) is 6.44. The Morgan fingerprint density at radius 1 is 1.33 bits per heavy atom. The van der Waals surface area contributed by atoms with Crippen molar-refractivity contribution in [3.63, 3.8) is 0 Å². The highest BCUT2D eigenvalue weighted by Crippen LogP contribution is 2.39. The summed E-state index contributed by atoms with van der Waals surface area (Å²) in [6.07, 6.45) is 5.99. The van der Waals surface area contributed by atoms with E-state index >= 15 is 0 Å². The fourth-order valence-corrected chi connectivity index (χ4v) is 2.91. The Hall–Kier alpha value is -1.51. The van der Waals surface area contributed by atoms with Crippen LogP contribution in [0.3, 0.4) is 0 Å². The summed E-state index contributed by atoms with van der Waals surface area (Å²) in [5, 5.41) is 0. The van der Waals surface area contributed by atoms with E-state index in [1.165, 1.54) is 6.42 Å². The molecule has 0 heterocycles. The Morgan fingerprint density at radius 2 is 2.06 bits per heavy atom. The predicted molar refractivity (Wildman–Crippen MR) is 71.4 cm³/mol. The monoisotopic (exact) mass is 247 g/mol. The molecule has 0 atom stereocenters. The van der Waals surface area contributed by atoms with Crippen molar-refractivity contribution in [2.75, 3.05) is 7.11 Å². The molecule has 1 aliphatic carbocycles. The molecule has 2 N–H and O–H groups in total. The first-order valence-electron chi connectivity index (χ1n) is 6.59. The van der Waals surface area contributed by atoms with E-state index in [4.69, 9.17) is 10.5 Å². The number of hydrogen-bond acceptors (Lipinski definition) is 2. The molecule has 0 aliphatic heterocycles. The third-order valence-corrected chi connectivity index (χ3v) is 4.01. The van der Waals surface area contributed by atoms with E-state index in [0.717, 1.165) is 43.4 Å². The van der Waals surface area contributed by atoms with Crippen LogP contribution in [0.2, 0.25) is 0 Å². The molecule has 1 aromatic rings. The quantitative estimate of drug-likeness (QED) is 0.889. The lowest BCUT2D eigenvalue weighted by Crippen LogP contribution is -2.40. The predicted octanol–water partition coefficient (Wildman–Crippen LogP) is 2.67. The number of amides is 1. The van der Waals surface area contributed by atoms with Gasteiger partial charge in [0.2, 0.25) is 5.91 Å². The fraction of sp³-hybridized carbons (Fsp3) is 0.533. The zero-order valence-corrected chi connectivity index (χ0v) is 10.9. The topological polar surface area (TPSA) is 52.3 Å². The zero-order chi connectivity index (χ0) is 13.0. The minimum Gasteiger partial charge on any atom is -0.497 e. The highest BCUT2D eigenvalue weighted by molar-refractivity contribution is 5.81. The van der Waals surface area contributed by atoms with Gasteiger partial charge >= 0.3 is 0 Å². The molecule has 0 bridgehead atoms. The van der Waals surface area contributed by atoms with Gasteiger partial charge in [0.25, 0.3) is 0 Å². The number of methoxy groups -OCH3 is 1. The molecule has 98 valence electrons. The van der Waals surface area contributed by atoms with E-state index in [9.17, 15) is 4.79 Å². The summed E-state index contributed by atoms with van der Waals surface area (Å²) < 4.78 is 5.22. The third-order valence-electron chi connectivity index (χ3n) is 4.01. The van der Waals surface area contributed by atoms with Crippen LogP contribution >= 0.6 is 0 Å². The lowest BCUT2D eigenvalue weighted by atomic mass is 9.70. The molecule has 1 saturated carbocycles. The normalized spacial score (nSPS) is 18.3. The van der Waals surface area contributed by atoms with Gasteiger partial charge in [-0.2, -0.15) is 0 Å². The van der Waals surface area contributed by atoms with Gasteiger partial charge in [0, 0.05) is 0 Å². The fourth-order valence-electron chi connectivity index (χ4n) is 2.91. The van der Waals surface area contributed by atoms with Crippen molar-refractivity contribution in [1.82, 2.24) is 0 Å². The van der Waals surface area contributed by atoms with E-state index in [2.05, 4.69) is 0 Å². The van der Waals surface area contributed by atoms with Crippen LogP contribution in [0.5, 0.6) is 5.75 Å². The number of hydrogen-bond donors (Lipinski definition) is 1. The Labute approximate surface area is 108 Å². The molecule has 1 aromatic carbocycles. The molecular weight excluding hydrogens is 226 g/mol. The molecule has 1 amide bonds. The van der Waals surface area contributed by atoms with Crippen LogP contribution in [0, 0.1) is 5.41 Å². The Morgan fingerprint density at radius 3 is 2.67 bits per heavy atom. The molecule has 0 radical (unpaired) electrons. The van der Waals surface area contributed by atoms with Gasteiger partial charge in [0.05, 0.1) is 12.5 Å². The molecule has 0 unspecified atom stereocenters. The van der Waals surface area contributed by atoms with Crippen molar-refractivity contribution < 1.29 is 9.53 Å². The van der Waals surface area contributed by atoms with Gasteiger partial charge in [0.15, 0.2) is 0 Å². The van der Waals surface area contributed by atoms with Gasteiger partial charge in [-0.25, -0.2) is 0 Å². The molecule has 1 aliphatic rings. The number of carbonyl (C=O) groups excluding carboxylic acids is 1. The van der Waals surface area contributed by atoms with Crippen molar-refractivity contribution in [2.24, 2.45) is 11.1 Å². The molecular formula is C15H21NO2. The molecule has 0 saturated heterocycles. The van der Waals surface area contributed by atoms with Crippen molar-refractivity contribution in [1.29, 1.82) is 0 Å². The van der Waals surface area contributed by atoms with Crippen LogP contribution in [0.25, 0.3) is 0 Å². The molecule has 0 spiro atoms. The van der Waals surface area contributed by atoms with E-state index < -0.39 is 0 Å².